The third-order valence-corrected chi connectivity index (χ3v) is 8.07. The van der Waals surface area contributed by atoms with Crippen molar-refractivity contribution in [3.63, 3.8) is 0 Å². The van der Waals surface area contributed by atoms with Crippen LogP contribution in [0.25, 0.3) is 11.3 Å². The van der Waals surface area contributed by atoms with Crippen LogP contribution in [-0.2, 0) is 16.3 Å². The number of carbonyl (C=O) groups excluding carboxylic acids is 1. The predicted molar refractivity (Wildman–Crippen MR) is 136 cm³/mol. The van der Waals surface area contributed by atoms with Gasteiger partial charge in [0.15, 0.2) is 0 Å². The molecule has 0 saturated carbocycles. The van der Waals surface area contributed by atoms with E-state index in [1.165, 1.54) is 11.0 Å². The number of aromatic nitrogens is 3. The number of carbonyl (C=O) groups is 1. The second kappa shape index (κ2) is 10.9. The number of hydrogen-bond donors (Lipinski definition) is 1. The number of nitrogens with zero attached hydrogens (tertiary/aromatic N) is 5. The zero-order chi connectivity index (χ0) is 26.7. The molecule has 0 radical (unpaired) electrons. The molecule has 3 heterocycles. The third-order valence-electron chi connectivity index (χ3n) is 6.37. The lowest BCUT2D eigenvalue weighted by Gasteiger charge is -2.21. The SMILES string of the molecule is C[Si](C)(C)CCOCn1nc(-c2ccncc2)cc1N1CCC(C(O)c2cc(F)c(C#N)c(F)c2)C1=O. The molecule has 1 aliphatic heterocycles. The summed E-state index contributed by atoms with van der Waals surface area (Å²) in [4.78, 5) is 19.0. The van der Waals surface area contributed by atoms with E-state index in [2.05, 4.69) is 29.7 Å². The minimum Gasteiger partial charge on any atom is -0.388 e. The molecular weight excluding hydrogens is 496 g/mol. The molecule has 0 spiro atoms. The van der Waals surface area contributed by atoms with Crippen LogP contribution in [0.3, 0.4) is 0 Å². The van der Waals surface area contributed by atoms with Crippen LogP contribution in [0, 0.1) is 28.9 Å². The largest absolute Gasteiger partial charge is 0.388 e. The number of amides is 1. The highest BCUT2D eigenvalue weighted by Crippen LogP contribution is 2.36. The molecule has 37 heavy (non-hydrogen) atoms. The van der Waals surface area contributed by atoms with Crippen LogP contribution < -0.4 is 4.90 Å². The summed E-state index contributed by atoms with van der Waals surface area (Å²) in [6.45, 7) is 7.79. The van der Waals surface area contributed by atoms with Crippen molar-refractivity contribution >= 4 is 19.8 Å². The summed E-state index contributed by atoms with van der Waals surface area (Å²) in [5, 5.41) is 24.4. The molecule has 0 bridgehead atoms. The van der Waals surface area contributed by atoms with Gasteiger partial charge in [-0.1, -0.05) is 19.6 Å². The van der Waals surface area contributed by atoms with Gasteiger partial charge < -0.3 is 9.84 Å². The van der Waals surface area contributed by atoms with E-state index >= 15 is 0 Å². The fourth-order valence-corrected chi connectivity index (χ4v) is 4.99. The maximum absolute atomic E-state index is 14.1. The summed E-state index contributed by atoms with van der Waals surface area (Å²) in [5.74, 6) is -2.94. The number of benzene rings is 1. The molecule has 8 nitrogen and oxygen atoms in total. The first kappa shape index (κ1) is 26.6. The van der Waals surface area contributed by atoms with Crippen molar-refractivity contribution in [3.05, 3.63) is 65.5 Å². The maximum atomic E-state index is 14.1. The van der Waals surface area contributed by atoms with Gasteiger partial charge in [0.05, 0.1) is 17.7 Å². The van der Waals surface area contributed by atoms with Crippen LogP contribution in [0.4, 0.5) is 14.6 Å². The Hall–Kier alpha value is -3.46. The molecule has 194 valence electrons. The molecule has 2 atom stereocenters. The summed E-state index contributed by atoms with van der Waals surface area (Å²) in [5.41, 5.74) is 0.648. The molecule has 11 heteroatoms. The number of anilines is 1. The van der Waals surface area contributed by atoms with E-state index in [9.17, 15) is 18.7 Å². The van der Waals surface area contributed by atoms with E-state index in [-0.39, 0.29) is 31.2 Å². The first-order chi connectivity index (χ1) is 17.6. The average molecular weight is 526 g/mol. The molecule has 1 aliphatic rings. The number of pyridine rings is 1. The van der Waals surface area contributed by atoms with E-state index in [0.717, 1.165) is 23.7 Å². The molecule has 1 saturated heterocycles. The number of hydrogen-bond acceptors (Lipinski definition) is 6. The van der Waals surface area contributed by atoms with Crippen LogP contribution in [0.2, 0.25) is 25.7 Å². The van der Waals surface area contributed by atoms with Crippen molar-refractivity contribution in [3.8, 4) is 17.3 Å². The highest BCUT2D eigenvalue weighted by Gasteiger charge is 2.40. The topological polar surface area (TPSA) is 104 Å². The van der Waals surface area contributed by atoms with E-state index in [1.807, 2.05) is 12.1 Å². The molecule has 0 aliphatic carbocycles. The van der Waals surface area contributed by atoms with Gasteiger partial charge in [-0.3, -0.25) is 14.7 Å². The van der Waals surface area contributed by atoms with E-state index in [1.54, 1.807) is 23.1 Å². The molecular formula is C26H29F2N5O3Si. The molecule has 1 N–H and O–H groups in total. The Balaban J connectivity index is 1.58. The number of aliphatic hydroxyl groups excluding tert-OH is 1. The van der Waals surface area contributed by atoms with E-state index < -0.39 is 37.3 Å². The standard InChI is InChI=1S/C26H29F2N5O3Si/c1-37(2,3)11-10-36-16-33-24(14-23(31-33)17-4-7-30-8-5-17)32-9-6-19(26(32)35)25(34)18-12-21(27)20(15-29)22(28)13-18/h4-5,7-8,12-14,19,25,34H,6,9-11,16H2,1-3H3. The molecule has 1 fully saturated rings. The molecule has 2 unspecified atom stereocenters. The van der Waals surface area contributed by atoms with Crippen LogP contribution in [0.15, 0.2) is 42.7 Å². The molecule has 2 aromatic heterocycles. The third kappa shape index (κ3) is 5.93. The zero-order valence-electron chi connectivity index (χ0n) is 21.0. The van der Waals surface area contributed by atoms with Crippen LogP contribution in [-0.4, -0.2) is 47.0 Å². The van der Waals surface area contributed by atoms with Crippen molar-refractivity contribution in [2.75, 3.05) is 18.1 Å². The van der Waals surface area contributed by atoms with Gasteiger partial charge in [-0.15, -0.1) is 0 Å². The van der Waals surface area contributed by atoms with Gasteiger partial charge in [0.25, 0.3) is 0 Å². The highest BCUT2D eigenvalue weighted by molar-refractivity contribution is 6.76. The molecule has 1 amide bonds. The monoisotopic (exact) mass is 525 g/mol. The maximum Gasteiger partial charge on any atom is 0.234 e. The molecule has 4 rings (SSSR count). The number of nitriles is 1. The van der Waals surface area contributed by atoms with E-state index in [4.69, 9.17) is 10.00 Å². The van der Waals surface area contributed by atoms with Gasteiger partial charge in [-0.2, -0.15) is 10.4 Å². The van der Waals surface area contributed by atoms with Crippen molar-refractivity contribution in [2.24, 2.45) is 5.92 Å². The Morgan fingerprint density at radius 3 is 2.51 bits per heavy atom. The second-order valence-corrected chi connectivity index (χ2v) is 15.9. The minimum atomic E-state index is -1.43. The minimum absolute atomic E-state index is 0.0881. The smallest absolute Gasteiger partial charge is 0.234 e. The summed E-state index contributed by atoms with van der Waals surface area (Å²) >= 11 is 0. The highest BCUT2D eigenvalue weighted by atomic mass is 28.3. The van der Waals surface area contributed by atoms with Crippen LogP contribution >= 0.6 is 0 Å². The lowest BCUT2D eigenvalue weighted by Crippen LogP contribution is -2.31. The fourth-order valence-electron chi connectivity index (χ4n) is 4.24. The van der Waals surface area contributed by atoms with E-state index in [0.29, 0.717) is 18.1 Å². The first-order valence-electron chi connectivity index (χ1n) is 12.0. The van der Waals surface area contributed by atoms with Gasteiger partial charge in [0.1, 0.15) is 35.8 Å². The van der Waals surface area contributed by atoms with Crippen molar-refractivity contribution in [1.82, 2.24) is 14.8 Å². The predicted octanol–water partition coefficient (Wildman–Crippen LogP) is 4.49. The number of ether oxygens (including phenoxy) is 1. The van der Waals surface area contributed by atoms with Crippen LogP contribution in [0.1, 0.15) is 23.7 Å². The van der Waals surface area contributed by atoms with Crippen molar-refractivity contribution < 1.29 is 23.4 Å². The second-order valence-electron chi connectivity index (χ2n) is 10.3. The summed E-state index contributed by atoms with van der Waals surface area (Å²) in [7, 11) is -1.29. The Bertz CT molecular complexity index is 1300. The molecule has 3 aromatic rings. The summed E-state index contributed by atoms with van der Waals surface area (Å²) in [6.07, 6.45) is 2.15. The van der Waals surface area contributed by atoms with Gasteiger partial charge in [-0.25, -0.2) is 13.5 Å². The van der Waals surface area contributed by atoms with Crippen LogP contribution in [0.5, 0.6) is 0 Å². The summed E-state index contributed by atoms with van der Waals surface area (Å²) in [6, 6.07) is 9.66. The van der Waals surface area contributed by atoms with Gasteiger partial charge in [0.2, 0.25) is 5.91 Å². The quantitative estimate of drug-likeness (QED) is 0.326. The van der Waals surface area contributed by atoms with Crippen molar-refractivity contribution in [1.29, 1.82) is 5.26 Å². The zero-order valence-corrected chi connectivity index (χ0v) is 22.0. The molecule has 1 aromatic carbocycles. The Morgan fingerprint density at radius 2 is 1.89 bits per heavy atom. The number of aliphatic hydroxyl groups is 1. The first-order valence-corrected chi connectivity index (χ1v) is 15.7. The Labute approximate surface area is 215 Å². The van der Waals surface area contributed by atoms with Gasteiger partial charge >= 0.3 is 0 Å². The number of halogens is 2. The lowest BCUT2D eigenvalue weighted by molar-refractivity contribution is -0.123. The van der Waals surface area contributed by atoms with Gasteiger partial charge in [-0.05, 0) is 42.3 Å². The Kier molecular flexibility index (Phi) is 7.82. The van der Waals surface area contributed by atoms with Gasteiger partial charge in [0, 0.05) is 45.2 Å². The van der Waals surface area contributed by atoms with Crippen molar-refractivity contribution in [2.45, 2.75) is 44.9 Å². The normalized spacial score (nSPS) is 16.7. The number of rotatable bonds is 9. The lowest BCUT2D eigenvalue weighted by atomic mass is 9.93. The average Bonchev–Trinajstić information content (AvgIpc) is 3.44. The summed E-state index contributed by atoms with van der Waals surface area (Å²) < 4.78 is 35.8. The fraction of sp³-hybridized carbons (Fsp3) is 0.385. The Morgan fingerprint density at radius 1 is 1.22 bits per heavy atom.